The predicted molar refractivity (Wildman–Crippen MR) is 103 cm³/mol. The first-order valence-electron chi connectivity index (χ1n) is 9.09. The van der Waals surface area contributed by atoms with E-state index >= 15 is 0 Å². The molecule has 2 aliphatic carbocycles. The summed E-state index contributed by atoms with van der Waals surface area (Å²) in [6.07, 6.45) is 13.3. The van der Waals surface area contributed by atoms with E-state index < -0.39 is 0 Å². The molecule has 0 bridgehead atoms. The highest BCUT2D eigenvalue weighted by Crippen LogP contribution is 2.31. The van der Waals surface area contributed by atoms with Gasteiger partial charge in [0.2, 0.25) is 0 Å². The van der Waals surface area contributed by atoms with Gasteiger partial charge in [-0.3, -0.25) is 0 Å². The lowest BCUT2D eigenvalue weighted by atomic mass is 9.89. The van der Waals surface area contributed by atoms with Gasteiger partial charge in [-0.05, 0) is 62.2 Å². The Labute approximate surface area is 150 Å². The number of thiocarbonyl (C=S) groups is 1. The van der Waals surface area contributed by atoms with Crippen LogP contribution in [0.3, 0.4) is 0 Å². The zero-order chi connectivity index (χ0) is 16.1. The third-order valence-corrected chi connectivity index (χ3v) is 5.83. The SMILES string of the molecule is S=C(Nc1ccc(Cl)cc1)N(C1CCCCC1)C1CCCCC1. The molecule has 2 nitrogen and oxygen atoms in total. The van der Waals surface area contributed by atoms with Gasteiger partial charge in [0.25, 0.3) is 0 Å². The van der Waals surface area contributed by atoms with Crippen molar-refractivity contribution in [2.45, 2.75) is 76.3 Å². The maximum atomic E-state index is 5.98. The molecule has 0 spiro atoms. The van der Waals surface area contributed by atoms with E-state index in [-0.39, 0.29) is 0 Å². The van der Waals surface area contributed by atoms with Crippen molar-refractivity contribution in [2.75, 3.05) is 5.32 Å². The summed E-state index contributed by atoms with van der Waals surface area (Å²) in [5.41, 5.74) is 1.04. The maximum absolute atomic E-state index is 5.98. The summed E-state index contributed by atoms with van der Waals surface area (Å²) in [5, 5.41) is 5.13. The van der Waals surface area contributed by atoms with E-state index in [1.165, 1.54) is 64.2 Å². The van der Waals surface area contributed by atoms with E-state index in [0.29, 0.717) is 12.1 Å². The van der Waals surface area contributed by atoms with Crippen LogP contribution in [-0.4, -0.2) is 22.1 Å². The van der Waals surface area contributed by atoms with Gasteiger partial charge in [-0.25, -0.2) is 0 Å². The number of anilines is 1. The molecule has 126 valence electrons. The molecule has 3 rings (SSSR count). The van der Waals surface area contributed by atoms with Crippen LogP contribution in [-0.2, 0) is 0 Å². The fourth-order valence-corrected chi connectivity index (χ4v) is 4.61. The molecular formula is C19H27ClN2S. The Hall–Kier alpha value is -0.800. The van der Waals surface area contributed by atoms with Crippen molar-refractivity contribution in [1.29, 1.82) is 0 Å². The Balaban J connectivity index is 1.72. The molecule has 0 aliphatic heterocycles. The molecule has 2 saturated carbocycles. The van der Waals surface area contributed by atoms with Gasteiger partial charge in [-0.2, -0.15) is 0 Å². The molecule has 23 heavy (non-hydrogen) atoms. The molecule has 0 unspecified atom stereocenters. The van der Waals surface area contributed by atoms with Gasteiger partial charge in [-0.1, -0.05) is 50.1 Å². The zero-order valence-corrected chi connectivity index (χ0v) is 15.3. The lowest BCUT2D eigenvalue weighted by Gasteiger charge is -2.43. The van der Waals surface area contributed by atoms with Gasteiger partial charge in [0.15, 0.2) is 5.11 Å². The minimum absolute atomic E-state index is 0.624. The number of hydrogen-bond acceptors (Lipinski definition) is 1. The molecule has 0 aromatic heterocycles. The third-order valence-electron chi connectivity index (χ3n) is 5.27. The van der Waals surface area contributed by atoms with E-state index in [1.807, 2.05) is 24.3 Å². The van der Waals surface area contributed by atoms with E-state index in [0.717, 1.165) is 15.8 Å². The monoisotopic (exact) mass is 350 g/mol. The average Bonchev–Trinajstić information content (AvgIpc) is 2.59. The summed E-state index contributed by atoms with van der Waals surface area (Å²) in [7, 11) is 0. The van der Waals surface area contributed by atoms with Crippen LogP contribution in [0.2, 0.25) is 5.02 Å². The molecule has 0 amide bonds. The lowest BCUT2D eigenvalue weighted by Crippen LogP contribution is -2.50. The van der Waals surface area contributed by atoms with Crippen LogP contribution >= 0.6 is 23.8 Å². The lowest BCUT2D eigenvalue weighted by molar-refractivity contribution is 0.160. The van der Waals surface area contributed by atoms with Gasteiger partial charge in [0.05, 0.1) is 0 Å². The molecule has 2 aliphatic rings. The Kier molecular flexibility index (Phi) is 6.18. The number of benzene rings is 1. The van der Waals surface area contributed by atoms with Crippen molar-refractivity contribution >= 4 is 34.6 Å². The second kappa shape index (κ2) is 8.34. The van der Waals surface area contributed by atoms with Gasteiger partial charge >= 0.3 is 0 Å². The molecular weight excluding hydrogens is 324 g/mol. The fraction of sp³-hybridized carbons (Fsp3) is 0.632. The Morgan fingerprint density at radius 3 is 1.83 bits per heavy atom. The van der Waals surface area contributed by atoms with Gasteiger partial charge in [0.1, 0.15) is 0 Å². The highest BCUT2D eigenvalue weighted by molar-refractivity contribution is 7.80. The van der Waals surface area contributed by atoms with Crippen molar-refractivity contribution in [1.82, 2.24) is 4.90 Å². The van der Waals surface area contributed by atoms with Crippen LogP contribution in [0.4, 0.5) is 5.69 Å². The van der Waals surface area contributed by atoms with Gasteiger partial charge < -0.3 is 10.2 Å². The number of rotatable bonds is 3. The molecule has 2 fully saturated rings. The Bertz CT molecular complexity index is 487. The molecule has 1 aromatic carbocycles. The maximum Gasteiger partial charge on any atom is 0.173 e. The smallest absolute Gasteiger partial charge is 0.173 e. The van der Waals surface area contributed by atoms with Crippen LogP contribution in [0.15, 0.2) is 24.3 Å². The summed E-state index contributed by atoms with van der Waals surface area (Å²) < 4.78 is 0. The average molecular weight is 351 g/mol. The number of halogens is 1. The van der Waals surface area contributed by atoms with E-state index in [2.05, 4.69) is 10.2 Å². The Morgan fingerprint density at radius 2 is 1.35 bits per heavy atom. The van der Waals surface area contributed by atoms with Crippen LogP contribution in [0.5, 0.6) is 0 Å². The van der Waals surface area contributed by atoms with Crippen LogP contribution < -0.4 is 5.32 Å². The van der Waals surface area contributed by atoms with Crippen molar-refractivity contribution in [2.24, 2.45) is 0 Å². The predicted octanol–water partition coefficient (Wildman–Crippen LogP) is 6.00. The van der Waals surface area contributed by atoms with E-state index in [4.69, 9.17) is 23.8 Å². The second-order valence-corrected chi connectivity index (χ2v) is 7.75. The third kappa shape index (κ3) is 4.60. The van der Waals surface area contributed by atoms with Gasteiger partial charge in [-0.15, -0.1) is 0 Å². The van der Waals surface area contributed by atoms with Crippen LogP contribution in [0.25, 0.3) is 0 Å². The minimum Gasteiger partial charge on any atom is -0.343 e. The summed E-state index contributed by atoms with van der Waals surface area (Å²) in [5.74, 6) is 0. The van der Waals surface area contributed by atoms with Crippen molar-refractivity contribution < 1.29 is 0 Å². The quantitative estimate of drug-likeness (QED) is 0.672. The summed E-state index contributed by atoms with van der Waals surface area (Å²) in [4.78, 5) is 2.56. The Morgan fingerprint density at radius 1 is 0.870 bits per heavy atom. The molecule has 0 atom stereocenters. The first-order chi connectivity index (χ1) is 11.2. The van der Waals surface area contributed by atoms with Crippen LogP contribution in [0.1, 0.15) is 64.2 Å². The largest absolute Gasteiger partial charge is 0.343 e. The standard InChI is InChI=1S/C19H27ClN2S/c20-15-11-13-16(14-12-15)21-19(23)22(17-7-3-1-4-8-17)18-9-5-2-6-10-18/h11-14,17-18H,1-10H2,(H,21,23). The number of nitrogens with one attached hydrogen (secondary N) is 1. The zero-order valence-electron chi connectivity index (χ0n) is 13.8. The molecule has 0 saturated heterocycles. The number of nitrogens with zero attached hydrogens (tertiary/aromatic N) is 1. The summed E-state index contributed by atoms with van der Waals surface area (Å²) in [6, 6.07) is 9.09. The highest BCUT2D eigenvalue weighted by Gasteiger charge is 2.30. The first kappa shape index (κ1) is 17.0. The van der Waals surface area contributed by atoms with Crippen molar-refractivity contribution in [3.05, 3.63) is 29.3 Å². The molecule has 4 heteroatoms. The highest BCUT2D eigenvalue weighted by atomic mass is 35.5. The molecule has 0 heterocycles. The molecule has 1 N–H and O–H groups in total. The van der Waals surface area contributed by atoms with Crippen molar-refractivity contribution in [3.63, 3.8) is 0 Å². The molecule has 1 aromatic rings. The minimum atomic E-state index is 0.624. The van der Waals surface area contributed by atoms with E-state index in [9.17, 15) is 0 Å². The summed E-state index contributed by atoms with van der Waals surface area (Å²) >= 11 is 11.8. The second-order valence-electron chi connectivity index (χ2n) is 6.93. The van der Waals surface area contributed by atoms with Crippen molar-refractivity contribution in [3.8, 4) is 0 Å². The topological polar surface area (TPSA) is 15.3 Å². The summed E-state index contributed by atoms with van der Waals surface area (Å²) in [6.45, 7) is 0. The van der Waals surface area contributed by atoms with E-state index in [1.54, 1.807) is 0 Å². The fourth-order valence-electron chi connectivity index (χ4n) is 4.07. The number of hydrogen-bond donors (Lipinski definition) is 1. The molecule has 0 radical (unpaired) electrons. The van der Waals surface area contributed by atoms with Gasteiger partial charge in [0, 0.05) is 22.8 Å². The van der Waals surface area contributed by atoms with Crippen LogP contribution in [0, 0.1) is 0 Å². The first-order valence-corrected chi connectivity index (χ1v) is 9.87. The normalized spacial score (nSPS) is 20.2.